The molecule has 2 aliphatic rings. The summed E-state index contributed by atoms with van der Waals surface area (Å²) in [5.74, 6) is 0. The third-order valence-corrected chi connectivity index (χ3v) is 6.74. The summed E-state index contributed by atoms with van der Waals surface area (Å²) in [7, 11) is -3.26. The molecule has 0 spiro atoms. The van der Waals surface area contributed by atoms with E-state index in [1.54, 1.807) is 16.8 Å². The minimum Gasteiger partial charge on any atom is -0.387 e. The average molecular weight is 385 g/mol. The maximum absolute atomic E-state index is 12.0. The average Bonchev–Trinajstić information content (AvgIpc) is 2.99. The highest BCUT2D eigenvalue weighted by Crippen LogP contribution is 2.28. The number of sulfonamides is 1. The molecule has 26 heavy (non-hydrogen) atoms. The van der Waals surface area contributed by atoms with E-state index in [9.17, 15) is 18.3 Å². The Morgan fingerprint density at radius 2 is 2.00 bits per heavy atom. The van der Waals surface area contributed by atoms with Crippen molar-refractivity contribution in [2.24, 2.45) is 0 Å². The number of β-amino-alcohol motifs (C(OH)–C–C–N with tert-alkyl or cyclic N) is 1. The van der Waals surface area contributed by atoms with Gasteiger partial charge in [0.25, 0.3) is 5.56 Å². The van der Waals surface area contributed by atoms with Gasteiger partial charge in [-0.3, -0.25) is 4.79 Å². The topological polar surface area (TPSA) is 105 Å². The van der Waals surface area contributed by atoms with Crippen LogP contribution in [-0.2, 0) is 10.0 Å². The summed E-state index contributed by atoms with van der Waals surface area (Å²) in [5, 5.41) is 18.4. The Hall–Kier alpha value is -1.29. The van der Waals surface area contributed by atoms with Gasteiger partial charge in [-0.05, 0) is 45.1 Å². The van der Waals surface area contributed by atoms with Crippen LogP contribution in [0.3, 0.4) is 0 Å². The van der Waals surface area contributed by atoms with Crippen LogP contribution in [0.4, 0.5) is 0 Å². The minimum atomic E-state index is -3.26. The van der Waals surface area contributed by atoms with Crippen molar-refractivity contribution in [1.29, 1.82) is 0 Å². The van der Waals surface area contributed by atoms with Gasteiger partial charge in [-0.25, -0.2) is 13.1 Å². The van der Waals surface area contributed by atoms with E-state index in [0.29, 0.717) is 19.5 Å². The van der Waals surface area contributed by atoms with Crippen LogP contribution < -0.4 is 10.9 Å². The van der Waals surface area contributed by atoms with Crippen LogP contribution >= 0.6 is 0 Å². The predicted molar refractivity (Wildman–Crippen MR) is 98.5 cm³/mol. The Bertz CT molecular complexity index is 801. The zero-order valence-electron chi connectivity index (χ0n) is 15.4. The van der Waals surface area contributed by atoms with Gasteiger partial charge in [0.15, 0.2) is 0 Å². The Labute approximate surface area is 154 Å². The normalized spacial score (nSPS) is 30.6. The number of aryl methyl sites for hydroxylation is 1. The zero-order valence-corrected chi connectivity index (χ0v) is 16.2. The van der Waals surface area contributed by atoms with Gasteiger partial charge in [-0.2, -0.15) is 9.40 Å². The summed E-state index contributed by atoms with van der Waals surface area (Å²) in [6.07, 6.45) is 5.15. The van der Waals surface area contributed by atoms with Crippen molar-refractivity contribution < 1.29 is 13.5 Å². The summed E-state index contributed by atoms with van der Waals surface area (Å²) in [5.41, 5.74) is -0.230. The lowest BCUT2D eigenvalue weighted by molar-refractivity contribution is 0.0505. The molecule has 1 aliphatic heterocycles. The lowest BCUT2D eigenvalue weighted by atomic mass is 9.90. The molecule has 2 N–H and O–H groups in total. The summed E-state index contributed by atoms with van der Waals surface area (Å²) < 4.78 is 26.2. The van der Waals surface area contributed by atoms with Gasteiger partial charge in [-0.1, -0.05) is 0 Å². The first-order chi connectivity index (χ1) is 12.2. The second-order valence-corrected chi connectivity index (χ2v) is 9.70. The maximum Gasteiger partial charge on any atom is 0.267 e. The minimum absolute atomic E-state index is 0.0619. The van der Waals surface area contributed by atoms with Gasteiger partial charge < -0.3 is 10.4 Å². The number of aromatic nitrogens is 2. The molecule has 2 fully saturated rings. The van der Waals surface area contributed by atoms with E-state index in [4.69, 9.17) is 0 Å². The second kappa shape index (κ2) is 7.38. The van der Waals surface area contributed by atoms with Crippen molar-refractivity contribution >= 4 is 10.0 Å². The zero-order chi connectivity index (χ0) is 18.9. The fourth-order valence-electron chi connectivity index (χ4n) is 3.89. The van der Waals surface area contributed by atoms with E-state index >= 15 is 0 Å². The van der Waals surface area contributed by atoms with Crippen LogP contribution in [0.25, 0.3) is 0 Å². The molecule has 8 nitrogen and oxygen atoms in total. The lowest BCUT2D eigenvalue weighted by Crippen LogP contribution is -2.47. The quantitative estimate of drug-likeness (QED) is 0.742. The van der Waals surface area contributed by atoms with Crippen molar-refractivity contribution in [2.75, 3.05) is 25.9 Å². The van der Waals surface area contributed by atoms with Gasteiger partial charge in [0.05, 0.1) is 23.6 Å². The van der Waals surface area contributed by atoms with E-state index in [1.165, 1.54) is 10.6 Å². The Morgan fingerprint density at radius 1 is 1.31 bits per heavy atom. The number of aliphatic hydroxyl groups is 1. The molecular weight excluding hydrogens is 356 g/mol. The summed E-state index contributed by atoms with van der Waals surface area (Å²) >= 11 is 0. The molecule has 0 radical (unpaired) electrons. The highest BCUT2D eigenvalue weighted by molar-refractivity contribution is 7.88. The molecule has 0 aromatic carbocycles. The van der Waals surface area contributed by atoms with E-state index in [0.717, 1.165) is 31.4 Å². The number of nitrogens with one attached hydrogen (secondary N) is 1. The summed E-state index contributed by atoms with van der Waals surface area (Å²) in [6, 6.07) is 3.68. The molecule has 9 heteroatoms. The van der Waals surface area contributed by atoms with Crippen molar-refractivity contribution in [1.82, 2.24) is 19.4 Å². The van der Waals surface area contributed by atoms with Gasteiger partial charge >= 0.3 is 0 Å². The van der Waals surface area contributed by atoms with Crippen LogP contribution in [-0.4, -0.2) is 65.1 Å². The van der Waals surface area contributed by atoms with Gasteiger partial charge in [0.2, 0.25) is 10.0 Å². The fraction of sp³-hybridized carbons (Fsp3) is 0.765. The number of nitrogens with zero attached hydrogens (tertiary/aromatic N) is 3. The third kappa shape index (κ3) is 4.51. The van der Waals surface area contributed by atoms with Crippen molar-refractivity contribution in [2.45, 2.75) is 56.7 Å². The van der Waals surface area contributed by atoms with E-state index < -0.39 is 15.6 Å². The van der Waals surface area contributed by atoms with Crippen LogP contribution in [0.5, 0.6) is 0 Å². The highest BCUT2D eigenvalue weighted by atomic mass is 32.2. The van der Waals surface area contributed by atoms with Crippen LogP contribution in [0.2, 0.25) is 0 Å². The Morgan fingerprint density at radius 3 is 2.62 bits per heavy atom. The summed E-state index contributed by atoms with van der Waals surface area (Å²) in [6.45, 7) is 2.78. The smallest absolute Gasteiger partial charge is 0.267 e. The van der Waals surface area contributed by atoms with Gasteiger partial charge in [0.1, 0.15) is 0 Å². The first-order valence-electron chi connectivity index (χ1n) is 9.14. The molecule has 2 heterocycles. The van der Waals surface area contributed by atoms with Crippen LogP contribution in [0, 0.1) is 6.92 Å². The first kappa shape index (κ1) is 19.5. The predicted octanol–water partition coefficient (Wildman–Crippen LogP) is 0.0214. The Balaban J connectivity index is 1.50. The lowest BCUT2D eigenvalue weighted by Gasteiger charge is -2.32. The van der Waals surface area contributed by atoms with Gasteiger partial charge in [-0.15, -0.1) is 0 Å². The van der Waals surface area contributed by atoms with Crippen molar-refractivity contribution in [3.8, 4) is 0 Å². The molecule has 0 bridgehead atoms. The molecule has 146 valence electrons. The maximum atomic E-state index is 12.0. The number of hydrogen-bond acceptors (Lipinski definition) is 6. The van der Waals surface area contributed by atoms with Crippen molar-refractivity contribution in [3.63, 3.8) is 0 Å². The summed E-state index contributed by atoms with van der Waals surface area (Å²) in [4.78, 5) is 12.0. The molecule has 1 aromatic heterocycles. The molecular formula is C17H28N4O4S. The first-order valence-corrected chi connectivity index (χ1v) is 11.0. The standard InChI is InChI=1S/C17H28N4O4S/c1-13-3-8-16(22)21(19-13)15-6-4-14(5-7-15)18-11-17(23)9-10-20(12-17)26(2,24)25/h3,8,14-15,18,23H,4-7,9-12H2,1-2H3. The van der Waals surface area contributed by atoms with E-state index in [1.807, 2.05) is 6.92 Å². The fourth-order valence-corrected chi connectivity index (χ4v) is 4.79. The van der Waals surface area contributed by atoms with E-state index in [2.05, 4.69) is 10.4 Å². The number of rotatable bonds is 5. The monoisotopic (exact) mass is 384 g/mol. The molecule has 1 unspecified atom stereocenters. The molecule has 1 aromatic rings. The van der Waals surface area contributed by atoms with Gasteiger partial charge in [0, 0.05) is 31.7 Å². The SMILES string of the molecule is Cc1ccc(=O)n(C2CCC(NCC3(O)CCN(S(C)(=O)=O)C3)CC2)n1. The molecule has 1 saturated carbocycles. The van der Waals surface area contributed by atoms with E-state index in [-0.39, 0.29) is 24.2 Å². The number of hydrogen-bond donors (Lipinski definition) is 2. The van der Waals surface area contributed by atoms with Crippen LogP contribution in [0.1, 0.15) is 43.8 Å². The molecule has 1 saturated heterocycles. The highest BCUT2D eigenvalue weighted by Gasteiger charge is 2.40. The second-order valence-electron chi connectivity index (χ2n) is 7.71. The Kier molecular flexibility index (Phi) is 5.53. The molecule has 3 rings (SSSR count). The van der Waals surface area contributed by atoms with Crippen LogP contribution in [0.15, 0.2) is 16.9 Å². The molecule has 1 atom stereocenters. The molecule has 1 aliphatic carbocycles. The third-order valence-electron chi connectivity index (χ3n) is 5.49. The largest absolute Gasteiger partial charge is 0.387 e. The van der Waals surface area contributed by atoms with Crippen molar-refractivity contribution in [3.05, 3.63) is 28.2 Å². The molecule has 0 amide bonds.